The van der Waals surface area contributed by atoms with Gasteiger partial charge in [0.15, 0.2) is 5.17 Å². The topological polar surface area (TPSA) is 41.8 Å². The van der Waals surface area contributed by atoms with Crippen molar-refractivity contribution in [2.45, 2.75) is 25.9 Å². The Morgan fingerprint density at radius 3 is 2.93 bits per heavy atom. The monoisotopic (exact) mass is 225 g/mol. The number of para-hydroxylation sites is 1. The van der Waals surface area contributed by atoms with Gasteiger partial charge in [-0.2, -0.15) is 0 Å². The summed E-state index contributed by atoms with van der Waals surface area (Å²) in [6.45, 7) is 4.03. The van der Waals surface area contributed by atoms with Gasteiger partial charge in [-0.3, -0.25) is 0 Å². The Hall–Kier alpha value is -1.22. The van der Waals surface area contributed by atoms with Crippen LogP contribution in [0.1, 0.15) is 25.0 Å². The van der Waals surface area contributed by atoms with Crippen LogP contribution in [0.4, 0.5) is 0 Å². The summed E-state index contributed by atoms with van der Waals surface area (Å²) in [6.07, 6.45) is 0.839. The number of benzene rings is 1. The predicted octanol–water partition coefficient (Wildman–Crippen LogP) is 2.77. The van der Waals surface area contributed by atoms with Crippen molar-refractivity contribution in [3.05, 3.63) is 29.3 Å². The third kappa shape index (κ3) is 1.79. The van der Waals surface area contributed by atoms with Gasteiger partial charge >= 0.3 is 0 Å². The van der Waals surface area contributed by atoms with Crippen LogP contribution in [0, 0.1) is 0 Å². The number of nitrogens with zero attached hydrogens (tertiary/aromatic N) is 1. The minimum atomic E-state index is -0.217. The van der Waals surface area contributed by atoms with Crippen molar-refractivity contribution in [2.75, 3.05) is 0 Å². The normalized spacial score (nSPS) is 18.5. The van der Waals surface area contributed by atoms with E-state index in [0.29, 0.717) is 5.56 Å². The minimum Gasteiger partial charge on any atom is -0.486 e. The summed E-state index contributed by atoms with van der Waals surface area (Å²) in [7, 11) is 0. The average molecular weight is 226 g/mol. The van der Waals surface area contributed by atoms with Crippen LogP contribution in [0.2, 0.25) is 0 Å². The summed E-state index contributed by atoms with van der Waals surface area (Å²) in [6, 6.07) is 5.66. The minimum absolute atomic E-state index is 0.0598. The van der Waals surface area contributed by atoms with Crippen LogP contribution in [0.3, 0.4) is 0 Å². The Labute approximate surface area is 93.3 Å². The molecule has 0 amide bonds. The zero-order chi connectivity index (χ0) is 11.1. The highest BCUT2D eigenvalue weighted by molar-refractivity contribution is 6.69. The average Bonchev–Trinajstić information content (AvgIpc) is 2.49. The van der Waals surface area contributed by atoms with E-state index >= 15 is 0 Å². The molecule has 0 radical (unpaired) electrons. The molecule has 2 rings (SSSR count). The van der Waals surface area contributed by atoms with Crippen LogP contribution < -0.4 is 4.74 Å². The molecule has 0 aromatic heterocycles. The molecule has 0 saturated heterocycles. The molecule has 0 aliphatic carbocycles. The maximum Gasteiger partial charge on any atom is 0.179 e. The summed E-state index contributed by atoms with van der Waals surface area (Å²) in [5.41, 5.74) is 1.52. The van der Waals surface area contributed by atoms with Gasteiger partial charge in [0.2, 0.25) is 0 Å². The molecule has 0 unspecified atom stereocenters. The van der Waals surface area contributed by atoms with Gasteiger partial charge in [-0.15, -0.1) is 0 Å². The van der Waals surface area contributed by atoms with Gasteiger partial charge < -0.3 is 9.94 Å². The molecule has 1 aliphatic rings. The van der Waals surface area contributed by atoms with Crippen LogP contribution in [0.15, 0.2) is 23.4 Å². The largest absolute Gasteiger partial charge is 0.486 e. The van der Waals surface area contributed by atoms with Crippen molar-refractivity contribution in [2.24, 2.45) is 5.16 Å². The molecule has 0 spiro atoms. The van der Waals surface area contributed by atoms with Crippen LogP contribution in [-0.2, 0) is 6.42 Å². The van der Waals surface area contributed by atoms with Crippen molar-refractivity contribution in [1.29, 1.82) is 0 Å². The predicted molar refractivity (Wildman–Crippen MR) is 59.0 cm³/mol. The molecule has 3 nitrogen and oxygen atoms in total. The van der Waals surface area contributed by atoms with Gasteiger partial charge in [0.25, 0.3) is 0 Å². The smallest absolute Gasteiger partial charge is 0.179 e. The number of fused-ring (bicyclic) bond motifs is 1. The molecule has 80 valence electrons. The van der Waals surface area contributed by atoms with E-state index in [0.717, 1.165) is 17.7 Å². The molecular weight excluding hydrogens is 214 g/mol. The van der Waals surface area contributed by atoms with Gasteiger partial charge in [-0.05, 0) is 25.5 Å². The van der Waals surface area contributed by atoms with Crippen molar-refractivity contribution in [3.63, 3.8) is 0 Å². The number of oxime groups is 1. The molecule has 1 aromatic rings. The zero-order valence-corrected chi connectivity index (χ0v) is 9.38. The zero-order valence-electron chi connectivity index (χ0n) is 8.62. The first-order valence-corrected chi connectivity index (χ1v) is 5.10. The van der Waals surface area contributed by atoms with Gasteiger partial charge in [-0.1, -0.05) is 28.9 Å². The maximum absolute atomic E-state index is 8.65. The van der Waals surface area contributed by atoms with E-state index in [-0.39, 0.29) is 10.8 Å². The standard InChI is InChI=1S/C11H12ClNO2/c1-11(2)6-7-4-3-5-8(9(7)15-11)10(12)13-14/h3-5,14H,6H2,1-2H3/b13-10-. The van der Waals surface area contributed by atoms with Crippen molar-refractivity contribution < 1.29 is 9.94 Å². The van der Waals surface area contributed by atoms with Crippen molar-refractivity contribution in [1.82, 2.24) is 0 Å². The summed E-state index contributed by atoms with van der Waals surface area (Å²) in [4.78, 5) is 0. The molecule has 4 heteroatoms. The molecule has 1 heterocycles. The number of hydrogen-bond acceptors (Lipinski definition) is 3. The van der Waals surface area contributed by atoms with E-state index in [2.05, 4.69) is 5.16 Å². The molecule has 0 saturated carbocycles. The second kappa shape index (κ2) is 3.42. The molecule has 0 bridgehead atoms. The van der Waals surface area contributed by atoms with Crippen LogP contribution in [-0.4, -0.2) is 16.0 Å². The van der Waals surface area contributed by atoms with Crippen LogP contribution >= 0.6 is 11.6 Å². The van der Waals surface area contributed by atoms with E-state index in [9.17, 15) is 0 Å². The summed E-state index contributed by atoms with van der Waals surface area (Å²) >= 11 is 5.79. The lowest BCUT2D eigenvalue weighted by molar-refractivity contribution is 0.138. The highest BCUT2D eigenvalue weighted by Crippen LogP contribution is 2.38. The Bertz CT molecular complexity index is 427. The van der Waals surface area contributed by atoms with Gasteiger partial charge in [0.1, 0.15) is 11.4 Å². The molecule has 1 N–H and O–H groups in total. The van der Waals surface area contributed by atoms with Crippen LogP contribution in [0.5, 0.6) is 5.75 Å². The van der Waals surface area contributed by atoms with Gasteiger partial charge in [-0.25, -0.2) is 0 Å². The summed E-state index contributed by atoms with van der Waals surface area (Å²) in [5, 5.41) is 11.7. The number of halogens is 1. The number of rotatable bonds is 1. The second-order valence-corrected chi connectivity index (χ2v) is 4.58. The lowest BCUT2D eigenvalue weighted by Crippen LogP contribution is -2.25. The number of ether oxygens (including phenoxy) is 1. The van der Waals surface area contributed by atoms with E-state index < -0.39 is 0 Å². The number of hydrogen-bond donors (Lipinski definition) is 1. The third-order valence-corrected chi connectivity index (χ3v) is 2.68. The van der Waals surface area contributed by atoms with E-state index in [1.807, 2.05) is 26.0 Å². The maximum atomic E-state index is 8.65. The van der Waals surface area contributed by atoms with E-state index in [1.54, 1.807) is 6.07 Å². The fourth-order valence-corrected chi connectivity index (χ4v) is 1.98. The lowest BCUT2D eigenvalue weighted by Gasteiger charge is -2.17. The Kier molecular flexibility index (Phi) is 2.35. The fraction of sp³-hybridized carbons (Fsp3) is 0.364. The highest BCUT2D eigenvalue weighted by Gasteiger charge is 2.32. The highest BCUT2D eigenvalue weighted by atomic mass is 35.5. The lowest BCUT2D eigenvalue weighted by atomic mass is 10.0. The quantitative estimate of drug-likeness (QED) is 0.454. The Balaban J connectivity index is 2.51. The molecule has 1 aromatic carbocycles. The fourth-order valence-electron chi connectivity index (χ4n) is 1.83. The van der Waals surface area contributed by atoms with E-state index in [1.165, 1.54) is 0 Å². The van der Waals surface area contributed by atoms with E-state index in [4.69, 9.17) is 21.5 Å². The summed E-state index contributed by atoms with van der Waals surface area (Å²) < 4.78 is 5.77. The SMILES string of the molecule is CC1(C)Cc2cccc(/C(Cl)=N/O)c2O1. The first-order valence-electron chi connectivity index (χ1n) is 4.72. The van der Waals surface area contributed by atoms with Gasteiger partial charge in [0, 0.05) is 6.42 Å². The van der Waals surface area contributed by atoms with Crippen molar-refractivity contribution >= 4 is 16.8 Å². The molecule has 1 aliphatic heterocycles. The van der Waals surface area contributed by atoms with Crippen molar-refractivity contribution in [3.8, 4) is 5.75 Å². The molecule has 15 heavy (non-hydrogen) atoms. The summed E-state index contributed by atoms with van der Waals surface area (Å²) in [5.74, 6) is 0.727. The third-order valence-electron chi connectivity index (χ3n) is 2.40. The van der Waals surface area contributed by atoms with Crippen LogP contribution in [0.25, 0.3) is 0 Å². The molecule has 0 fully saturated rings. The first-order chi connectivity index (χ1) is 7.03. The molecular formula is C11H12ClNO2. The molecule has 0 atom stereocenters. The Morgan fingerprint density at radius 2 is 2.27 bits per heavy atom. The Morgan fingerprint density at radius 1 is 1.53 bits per heavy atom. The first kappa shape index (κ1) is 10.3. The second-order valence-electron chi connectivity index (χ2n) is 4.22. The van der Waals surface area contributed by atoms with Gasteiger partial charge in [0.05, 0.1) is 5.56 Å².